The second-order valence-corrected chi connectivity index (χ2v) is 5.31. The molecule has 1 saturated carbocycles. The van der Waals surface area contributed by atoms with E-state index in [-0.39, 0.29) is 11.9 Å². The molecule has 0 radical (unpaired) electrons. The van der Waals surface area contributed by atoms with Crippen LogP contribution in [0.15, 0.2) is 30.3 Å². The van der Waals surface area contributed by atoms with Crippen molar-refractivity contribution >= 4 is 11.9 Å². The van der Waals surface area contributed by atoms with Crippen molar-refractivity contribution in [1.82, 2.24) is 4.90 Å². The molecule has 100 valence electrons. The van der Waals surface area contributed by atoms with E-state index >= 15 is 0 Å². The van der Waals surface area contributed by atoms with Crippen molar-refractivity contribution in [3.8, 4) is 0 Å². The first-order valence-corrected chi connectivity index (χ1v) is 6.71. The van der Waals surface area contributed by atoms with Crippen molar-refractivity contribution in [3.05, 3.63) is 35.9 Å². The van der Waals surface area contributed by atoms with Gasteiger partial charge in [0.15, 0.2) is 0 Å². The van der Waals surface area contributed by atoms with Gasteiger partial charge in [-0.15, -0.1) is 0 Å². The molecule has 3 fully saturated rings. The lowest BCUT2D eigenvalue weighted by Crippen LogP contribution is -2.55. The van der Waals surface area contributed by atoms with Gasteiger partial charge < -0.3 is 9.64 Å². The Morgan fingerprint density at radius 1 is 1.32 bits per heavy atom. The van der Waals surface area contributed by atoms with Crippen LogP contribution in [-0.2, 0) is 9.53 Å². The second kappa shape index (κ2) is 4.37. The van der Waals surface area contributed by atoms with Crippen LogP contribution in [0.1, 0.15) is 30.1 Å². The Kier molecular flexibility index (Phi) is 2.81. The van der Waals surface area contributed by atoms with Crippen LogP contribution in [0, 0.1) is 5.92 Å². The van der Waals surface area contributed by atoms with Crippen LogP contribution in [0.25, 0.3) is 0 Å². The average molecular weight is 259 g/mol. The Morgan fingerprint density at radius 3 is 2.63 bits per heavy atom. The van der Waals surface area contributed by atoms with Gasteiger partial charge in [0.2, 0.25) is 0 Å². The normalized spacial score (nSPS) is 27.8. The molecule has 0 unspecified atom stereocenters. The molecule has 4 rings (SSSR count). The van der Waals surface area contributed by atoms with Crippen LogP contribution in [0.2, 0.25) is 0 Å². The Balaban J connectivity index is 1.85. The van der Waals surface area contributed by atoms with E-state index in [4.69, 9.17) is 4.74 Å². The number of hydrogen-bond donors (Lipinski definition) is 0. The molecule has 3 aliphatic rings. The fourth-order valence-corrected chi connectivity index (χ4v) is 3.23. The number of fused-ring (bicyclic) bond motifs is 1. The zero-order valence-electron chi connectivity index (χ0n) is 11.0. The molecule has 1 aliphatic carbocycles. The first kappa shape index (κ1) is 12.2. The van der Waals surface area contributed by atoms with E-state index in [1.165, 1.54) is 0 Å². The number of carbonyl (C=O) groups excluding carboxylic acids is 2. The third-order valence-electron chi connectivity index (χ3n) is 4.13. The molecule has 2 saturated heterocycles. The van der Waals surface area contributed by atoms with Gasteiger partial charge in [0.1, 0.15) is 5.54 Å². The highest BCUT2D eigenvalue weighted by atomic mass is 16.5. The Bertz CT molecular complexity index is 505. The number of carbonyl (C=O) groups is 2. The van der Waals surface area contributed by atoms with E-state index in [1.54, 1.807) is 24.0 Å². The molecule has 2 heterocycles. The third kappa shape index (κ3) is 1.74. The number of rotatable bonds is 3. The molecule has 0 aromatic heterocycles. The summed E-state index contributed by atoms with van der Waals surface area (Å²) in [5.74, 6) is 0.152. The van der Waals surface area contributed by atoms with Gasteiger partial charge in [-0.05, 0) is 37.8 Å². The number of esters is 1. The van der Waals surface area contributed by atoms with Crippen LogP contribution >= 0.6 is 0 Å². The summed E-state index contributed by atoms with van der Waals surface area (Å²) in [6.07, 6.45) is 1.51. The van der Waals surface area contributed by atoms with Gasteiger partial charge in [-0.3, -0.25) is 4.79 Å². The van der Waals surface area contributed by atoms with Gasteiger partial charge >= 0.3 is 5.97 Å². The Labute approximate surface area is 112 Å². The van der Waals surface area contributed by atoms with E-state index in [2.05, 4.69) is 0 Å². The minimum atomic E-state index is -0.687. The van der Waals surface area contributed by atoms with Gasteiger partial charge in [-0.2, -0.15) is 0 Å². The van der Waals surface area contributed by atoms with Crippen LogP contribution in [-0.4, -0.2) is 35.5 Å². The van der Waals surface area contributed by atoms with Crippen molar-refractivity contribution in [2.45, 2.75) is 25.3 Å². The zero-order chi connectivity index (χ0) is 13.5. The monoisotopic (exact) mass is 259 g/mol. The van der Waals surface area contributed by atoms with E-state index in [0.717, 1.165) is 12.8 Å². The minimum Gasteiger partial charge on any atom is -0.464 e. The first-order chi connectivity index (χ1) is 9.17. The molecule has 2 bridgehead atoms. The quantitative estimate of drug-likeness (QED) is 0.778. The molecule has 0 atom stereocenters. The summed E-state index contributed by atoms with van der Waals surface area (Å²) in [7, 11) is 0. The number of hydrogen-bond acceptors (Lipinski definition) is 3. The zero-order valence-corrected chi connectivity index (χ0v) is 11.0. The number of amides is 1. The number of benzene rings is 1. The smallest absolute Gasteiger partial charge is 0.332 e. The maximum atomic E-state index is 12.5. The van der Waals surface area contributed by atoms with Crippen molar-refractivity contribution in [2.24, 2.45) is 5.92 Å². The summed E-state index contributed by atoms with van der Waals surface area (Å²) in [6.45, 7) is 2.83. The molecule has 4 heteroatoms. The highest BCUT2D eigenvalue weighted by Gasteiger charge is 2.63. The summed E-state index contributed by atoms with van der Waals surface area (Å²) in [4.78, 5) is 26.4. The van der Waals surface area contributed by atoms with Gasteiger partial charge in [0.25, 0.3) is 5.91 Å². The molecule has 4 nitrogen and oxygen atoms in total. The van der Waals surface area contributed by atoms with Gasteiger partial charge in [0.05, 0.1) is 6.61 Å². The molecular formula is C15H17NO3. The van der Waals surface area contributed by atoms with Gasteiger partial charge in [-0.25, -0.2) is 4.79 Å². The molecule has 0 N–H and O–H groups in total. The van der Waals surface area contributed by atoms with Crippen LogP contribution in [0.5, 0.6) is 0 Å². The van der Waals surface area contributed by atoms with Crippen molar-refractivity contribution in [3.63, 3.8) is 0 Å². The van der Waals surface area contributed by atoms with Crippen LogP contribution in [0.4, 0.5) is 0 Å². The molecular weight excluding hydrogens is 242 g/mol. The predicted molar refractivity (Wildman–Crippen MR) is 69.6 cm³/mol. The highest BCUT2D eigenvalue weighted by Crippen LogP contribution is 2.51. The molecule has 1 aromatic carbocycles. The van der Waals surface area contributed by atoms with Crippen molar-refractivity contribution in [1.29, 1.82) is 0 Å². The van der Waals surface area contributed by atoms with Crippen molar-refractivity contribution < 1.29 is 14.3 Å². The molecule has 1 amide bonds. The maximum absolute atomic E-state index is 12.5. The first-order valence-electron chi connectivity index (χ1n) is 6.71. The largest absolute Gasteiger partial charge is 0.464 e. The highest BCUT2D eigenvalue weighted by molar-refractivity contribution is 5.99. The van der Waals surface area contributed by atoms with Crippen molar-refractivity contribution in [2.75, 3.05) is 13.2 Å². The summed E-state index contributed by atoms with van der Waals surface area (Å²) in [5, 5.41) is 0. The maximum Gasteiger partial charge on any atom is 0.332 e. The standard InChI is InChI=1S/C15H17NO3/c1-2-19-14(18)15-8-11(9-15)10-16(15)13(17)12-6-4-3-5-7-12/h3-7,11H,2,8-10H2,1H3. The predicted octanol–water partition coefficient (Wildman–Crippen LogP) is 1.85. The fraction of sp³-hybridized carbons (Fsp3) is 0.467. The average Bonchev–Trinajstić information content (AvgIpc) is 2.95. The van der Waals surface area contributed by atoms with E-state index in [1.807, 2.05) is 18.2 Å². The molecule has 19 heavy (non-hydrogen) atoms. The van der Waals surface area contributed by atoms with Gasteiger partial charge in [-0.1, -0.05) is 18.2 Å². The lowest BCUT2D eigenvalue weighted by atomic mass is 9.73. The van der Waals surface area contributed by atoms with Gasteiger partial charge in [0, 0.05) is 12.1 Å². The summed E-state index contributed by atoms with van der Waals surface area (Å²) >= 11 is 0. The van der Waals surface area contributed by atoms with E-state index < -0.39 is 5.54 Å². The molecule has 1 aromatic rings. The summed E-state index contributed by atoms with van der Waals surface area (Å²) in [6, 6.07) is 9.13. The third-order valence-corrected chi connectivity index (χ3v) is 4.13. The minimum absolute atomic E-state index is 0.0614. The lowest BCUT2D eigenvalue weighted by molar-refractivity contribution is -0.157. The summed E-state index contributed by atoms with van der Waals surface area (Å²) < 4.78 is 5.15. The second-order valence-electron chi connectivity index (χ2n) is 5.31. The fourth-order valence-electron chi connectivity index (χ4n) is 3.23. The number of nitrogens with zero attached hydrogens (tertiary/aromatic N) is 1. The van der Waals surface area contributed by atoms with E-state index in [0.29, 0.717) is 24.6 Å². The molecule has 0 spiro atoms. The lowest BCUT2D eigenvalue weighted by Gasteiger charge is -2.39. The SMILES string of the molecule is CCOC(=O)C12CC(CN1C(=O)c1ccccc1)C2. The van der Waals surface area contributed by atoms with Crippen LogP contribution in [0.3, 0.4) is 0 Å². The Hall–Kier alpha value is -1.84. The Morgan fingerprint density at radius 2 is 2.00 bits per heavy atom. The topological polar surface area (TPSA) is 46.6 Å². The van der Waals surface area contributed by atoms with Crippen LogP contribution < -0.4 is 0 Å². The van der Waals surface area contributed by atoms with E-state index in [9.17, 15) is 9.59 Å². The molecule has 2 aliphatic heterocycles. The summed E-state index contributed by atoms with van der Waals surface area (Å²) in [5.41, 5.74) is -0.0492. The number of ether oxygens (including phenoxy) is 1.